The molecule has 0 spiro atoms. The minimum Gasteiger partial charge on any atom is -0.462 e. The first-order valence-electron chi connectivity index (χ1n) is 23.2. The van der Waals surface area contributed by atoms with Gasteiger partial charge in [0.05, 0.1) is 6.61 Å². The van der Waals surface area contributed by atoms with Gasteiger partial charge in [0.1, 0.15) is 6.61 Å². The molecule has 1 atom stereocenters. The zero-order valence-corrected chi connectivity index (χ0v) is 35.4. The van der Waals surface area contributed by atoms with Crippen molar-refractivity contribution in [3.8, 4) is 0 Å². The summed E-state index contributed by atoms with van der Waals surface area (Å²) >= 11 is 0. The van der Waals surface area contributed by atoms with Crippen molar-refractivity contribution in [2.24, 2.45) is 0 Å². The highest BCUT2D eigenvalue weighted by molar-refractivity contribution is 5.70. The zero-order chi connectivity index (χ0) is 37.8. The van der Waals surface area contributed by atoms with Crippen LogP contribution in [0.2, 0.25) is 0 Å². The number of hydrogen-bond donors (Lipinski definition) is 0. The van der Waals surface area contributed by atoms with Gasteiger partial charge in [-0.2, -0.15) is 0 Å². The summed E-state index contributed by atoms with van der Waals surface area (Å²) in [5, 5.41) is 0. The van der Waals surface area contributed by atoms with Crippen molar-refractivity contribution >= 4 is 11.9 Å². The number of carbonyl (C=O) groups is 2. The topological polar surface area (TPSA) is 61.8 Å². The molecule has 0 aliphatic carbocycles. The number of ether oxygens (including phenoxy) is 3. The number of unbranched alkanes of at least 4 members (excludes halogenated alkanes) is 30. The van der Waals surface area contributed by atoms with Crippen LogP contribution >= 0.6 is 0 Å². The lowest BCUT2D eigenvalue weighted by molar-refractivity contribution is -0.163. The molecule has 5 nitrogen and oxygen atoms in total. The maximum Gasteiger partial charge on any atom is 0.306 e. The molecule has 0 aliphatic rings. The second kappa shape index (κ2) is 44.0. The van der Waals surface area contributed by atoms with Gasteiger partial charge in [0, 0.05) is 19.4 Å². The van der Waals surface area contributed by atoms with E-state index in [0.717, 1.165) is 38.5 Å². The third-order valence-corrected chi connectivity index (χ3v) is 10.3. The molecule has 0 N–H and O–H groups in total. The molecular formula is C47H90O5. The van der Waals surface area contributed by atoms with Gasteiger partial charge < -0.3 is 14.2 Å². The van der Waals surface area contributed by atoms with E-state index in [2.05, 4.69) is 32.9 Å². The Morgan fingerprint density at radius 1 is 0.404 bits per heavy atom. The monoisotopic (exact) mass is 735 g/mol. The molecule has 0 radical (unpaired) electrons. The zero-order valence-electron chi connectivity index (χ0n) is 35.4. The van der Waals surface area contributed by atoms with E-state index in [1.165, 1.54) is 180 Å². The normalized spacial score (nSPS) is 12.1. The molecule has 5 heteroatoms. The maximum atomic E-state index is 12.7. The Hall–Kier alpha value is -1.36. The molecule has 0 aromatic carbocycles. The molecule has 0 fully saturated rings. The van der Waals surface area contributed by atoms with Gasteiger partial charge in [-0.1, -0.05) is 206 Å². The third kappa shape index (κ3) is 41.4. The fraction of sp³-hybridized carbons (Fsp3) is 0.915. The quantitative estimate of drug-likeness (QED) is 0.0355. The lowest BCUT2D eigenvalue weighted by atomic mass is 10.0. The molecule has 1 unspecified atom stereocenters. The van der Waals surface area contributed by atoms with Crippen LogP contribution < -0.4 is 0 Å². The van der Waals surface area contributed by atoms with Gasteiger partial charge in [-0.3, -0.25) is 9.59 Å². The third-order valence-electron chi connectivity index (χ3n) is 10.3. The molecule has 0 aliphatic heterocycles. The van der Waals surface area contributed by atoms with Crippen molar-refractivity contribution in [2.45, 2.75) is 258 Å². The largest absolute Gasteiger partial charge is 0.462 e. The fourth-order valence-electron chi connectivity index (χ4n) is 6.80. The minimum absolute atomic E-state index is 0.0912. The Labute approximate surface area is 325 Å². The lowest BCUT2D eigenvalue weighted by Crippen LogP contribution is -2.30. The number of carbonyl (C=O) groups excluding carboxylic acids is 2. The first-order valence-corrected chi connectivity index (χ1v) is 23.2. The molecular weight excluding hydrogens is 645 g/mol. The molecule has 0 aromatic heterocycles. The smallest absolute Gasteiger partial charge is 0.306 e. The highest BCUT2D eigenvalue weighted by Crippen LogP contribution is 2.15. The summed E-state index contributed by atoms with van der Waals surface area (Å²) in [6.45, 7) is 7.82. The summed E-state index contributed by atoms with van der Waals surface area (Å²) in [4.78, 5) is 25.2. The van der Waals surface area contributed by atoms with Crippen molar-refractivity contribution in [1.29, 1.82) is 0 Å². The number of esters is 2. The van der Waals surface area contributed by atoms with Gasteiger partial charge in [-0.05, 0) is 44.9 Å². The Kier molecular flexibility index (Phi) is 42.9. The van der Waals surface area contributed by atoms with Crippen LogP contribution in [0.3, 0.4) is 0 Å². The summed E-state index contributed by atoms with van der Waals surface area (Å²) in [7, 11) is 0. The van der Waals surface area contributed by atoms with Crippen LogP contribution in [0.5, 0.6) is 0 Å². The van der Waals surface area contributed by atoms with E-state index < -0.39 is 6.10 Å². The minimum atomic E-state index is -0.527. The van der Waals surface area contributed by atoms with Crippen LogP contribution in [0.15, 0.2) is 12.2 Å². The molecule has 0 amide bonds. The van der Waals surface area contributed by atoms with Crippen molar-refractivity contribution in [1.82, 2.24) is 0 Å². The van der Waals surface area contributed by atoms with Gasteiger partial charge in [0.25, 0.3) is 0 Å². The van der Waals surface area contributed by atoms with E-state index in [-0.39, 0.29) is 18.5 Å². The first-order chi connectivity index (χ1) is 25.6. The van der Waals surface area contributed by atoms with E-state index in [1.807, 2.05) is 0 Å². The lowest BCUT2D eigenvalue weighted by Gasteiger charge is -2.18. The maximum absolute atomic E-state index is 12.7. The van der Waals surface area contributed by atoms with E-state index >= 15 is 0 Å². The van der Waals surface area contributed by atoms with Crippen LogP contribution in [-0.2, 0) is 23.8 Å². The molecule has 0 saturated heterocycles. The Morgan fingerprint density at radius 2 is 0.750 bits per heavy atom. The molecule has 0 rings (SSSR count). The van der Waals surface area contributed by atoms with E-state index in [0.29, 0.717) is 26.1 Å². The van der Waals surface area contributed by atoms with Crippen molar-refractivity contribution < 1.29 is 23.8 Å². The predicted molar refractivity (Wildman–Crippen MR) is 224 cm³/mol. The van der Waals surface area contributed by atoms with Gasteiger partial charge in [0.2, 0.25) is 0 Å². The fourth-order valence-corrected chi connectivity index (χ4v) is 6.80. The van der Waals surface area contributed by atoms with E-state index in [1.54, 1.807) is 0 Å². The number of rotatable bonds is 43. The van der Waals surface area contributed by atoms with Gasteiger partial charge >= 0.3 is 11.9 Å². The average molecular weight is 735 g/mol. The van der Waals surface area contributed by atoms with E-state index in [4.69, 9.17) is 14.2 Å². The van der Waals surface area contributed by atoms with Gasteiger partial charge in [-0.15, -0.1) is 0 Å². The number of hydrogen-bond acceptors (Lipinski definition) is 5. The Bertz CT molecular complexity index is 750. The van der Waals surface area contributed by atoms with Crippen LogP contribution in [0, 0.1) is 0 Å². The predicted octanol–water partition coefficient (Wildman–Crippen LogP) is 15.1. The van der Waals surface area contributed by atoms with Crippen LogP contribution in [-0.4, -0.2) is 37.9 Å². The number of allylic oxidation sites excluding steroid dienone is 2. The molecule has 52 heavy (non-hydrogen) atoms. The highest BCUT2D eigenvalue weighted by Gasteiger charge is 2.17. The Morgan fingerprint density at radius 3 is 1.19 bits per heavy atom. The van der Waals surface area contributed by atoms with Crippen molar-refractivity contribution in [2.75, 3.05) is 19.8 Å². The summed E-state index contributed by atoms with van der Waals surface area (Å²) in [5.41, 5.74) is 0. The van der Waals surface area contributed by atoms with Crippen LogP contribution in [0.25, 0.3) is 0 Å². The summed E-state index contributed by atoms with van der Waals surface area (Å²) in [6, 6.07) is 0. The Balaban J connectivity index is 4.18. The second-order valence-electron chi connectivity index (χ2n) is 15.7. The highest BCUT2D eigenvalue weighted by atomic mass is 16.6. The molecule has 0 bridgehead atoms. The van der Waals surface area contributed by atoms with Crippen LogP contribution in [0.1, 0.15) is 252 Å². The summed E-state index contributed by atoms with van der Waals surface area (Å²) in [6.07, 6.45) is 47.8. The molecule has 0 saturated carbocycles. The first kappa shape index (κ1) is 50.6. The SMILES string of the molecule is CCCCCC/C=C\CCCCCCCCOCC(COC(=O)CCCCCCCCCCCCCCC)OC(=O)CCCCCCCCCCC. The van der Waals surface area contributed by atoms with Crippen molar-refractivity contribution in [3.05, 3.63) is 12.2 Å². The van der Waals surface area contributed by atoms with Crippen molar-refractivity contribution in [3.63, 3.8) is 0 Å². The van der Waals surface area contributed by atoms with Gasteiger partial charge in [0.15, 0.2) is 6.10 Å². The molecule has 0 heterocycles. The van der Waals surface area contributed by atoms with E-state index in [9.17, 15) is 9.59 Å². The summed E-state index contributed by atoms with van der Waals surface area (Å²) in [5.74, 6) is -0.388. The van der Waals surface area contributed by atoms with Gasteiger partial charge in [-0.25, -0.2) is 0 Å². The standard InChI is InChI=1S/C47H90O5/c1-4-7-10-13-16-19-21-23-25-27-30-33-36-39-42-50-43-45(52-47(49)41-38-35-32-28-18-15-12-9-6-3)44-51-46(48)40-37-34-31-29-26-24-22-20-17-14-11-8-5-2/h19,21,45H,4-18,20,22-44H2,1-3H3/b21-19-. The van der Waals surface area contributed by atoms with Crippen LogP contribution in [0.4, 0.5) is 0 Å². The average Bonchev–Trinajstić information content (AvgIpc) is 3.14. The second-order valence-corrected chi connectivity index (χ2v) is 15.7. The summed E-state index contributed by atoms with van der Waals surface area (Å²) < 4.78 is 17.3. The molecule has 0 aromatic rings. The molecule has 308 valence electrons.